The van der Waals surface area contributed by atoms with Gasteiger partial charge in [0.1, 0.15) is 5.82 Å². The number of carbonyl (C=O) groups is 1. The number of ether oxygens (including phenoxy) is 2. The lowest BCUT2D eigenvalue weighted by Gasteiger charge is -2.24. The Balaban J connectivity index is 1.59. The van der Waals surface area contributed by atoms with Gasteiger partial charge in [0.05, 0.1) is 31.3 Å². The van der Waals surface area contributed by atoms with Crippen molar-refractivity contribution in [2.75, 3.05) is 19.0 Å². The summed E-state index contributed by atoms with van der Waals surface area (Å²) in [6, 6.07) is 15.5. The van der Waals surface area contributed by atoms with Crippen molar-refractivity contribution in [3.63, 3.8) is 0 Å². The van der Waals surface area contributed by atoms with Gasteiger partial charge >= 0.3 is 0 Å². The monoisotopic (exact) mass is 456 g/mol. The van der Waals surface area contributed by atoms with Crippen LogP contribution in [0.25, 0.3) is 17.2 Å². The fourth-order valence-corrected chi connectivity index (χ4v) is 4.28. The molecule has 0 fully saturated rings. The Hall–Kier alpha value is -4.27. The zero-order chi connectivity index (χ0) is 23.7. The molecule has 1 atom stereocenters. The molecule has 0 saturated carbocycles. The molecule has 0 saturated heterocycles. The highest BCUT2D eigenvalue weighted by atomic mass is 16.5. The number of amides is 1. The highest BCUT2D eigenvalue weighted by Crippen LogP contribution is 2.42. The van der Waals surface area contributed by atoms with Gasteiger partial charge in [-0.3, -0.25) is 4.79 Å². The predicted molar refractivity (Wildman–Crippen MR) is 126 cm³/mol. The number of benzene rings is 2. The minimum Gasteiger partial charge on any atom is -0.493 e. The zero-order valence-corrected chi connectivity index (χ0v) is 19.1. The van der Waals surface area contributed by atoms with E-state index < -0.39 is 0 Å². The fraction of sp³-hybridized carbons (Fsp3) is 0.240. The van der Waals surface area contributed by atoms with Crippen LogP contribution in [-0.4, -0.2) is 44.6 Å². The van der Waals surface area contributed by atoms with Crippen LogP contribution in [0.3, 0.4) is 0 Å². The number of aryl methyl sites for hydroxylation is 1. The van der Waals surface area contributed by atoms with Crippen LogP contribution >= 0.6 is 0 Å². The molecule has 0 spiro atoms. The normalized spacial score (nSPS) is 14.9. The number of nitrogens with zero attached hydrogens (tertiary/aromatic N) is 5. The first-order chi connectivity index (χ1) is 16.6. The lowest BCUT2D eigenvalue weighted by Crippen LogP contribution is -2.25. The van der Waals surface area contributed by atoms with Crippen LogP contribution in [0.5, 0.6) is 11.5 Å². The molecule has 1 aliphatic rings. The molecule has 0 radical (unpaired) electrons. The number of rotatable bonds is 6. The van der Waals surface area contributed by atoms with Crippen molar-refractivity contribution in [2.45, 2.75) is 26.2 Å². The van der Waals surface area contributed by atoms with Crippen LogP contribution in [0.1, 0.15) is 36.1 Å². The maximum Gasteiger partial charge on any atom is 0.272 e. The Bertz CT molecular complexity index is 1350. The lowest BCUT2D eigenvalue weighted by atomic mass is 9.85. The van der Waals surface area contributed by atoms with Crippen molar-refractivity contribution in [3.8, 4) is 28.7 Å². The summed E-state index contributed by atoms with van der Waals surface area (Å²) in [6.45, 7) is 4.38. The number of hydrogen-bond donors (Lipinski definition) is 1. The van der Waals surface area contributed by atoms with Crippen LogP contribution in [-0.2, 0) is 4.79 Å². The molecule has 0 aliphatic carbocycles. The zero-order valence-electron chi connectivity index (χ0n) is 19.1. The first-order valence-electron chi connectivity index (χ1n) is 11.0. The lowest BCUT2D eigenvalue weighted by molar-refractivity contribution is -0.116. The van der Waals surface area contributed by atoms with Gasteiger partial charge in [0.25, 0.3) is 5.95 Å². The summed E-state index contributed by atoms with van der Waals surface area (Å²) in [5, 5.41) is 16.0. The Labute approximate surface area is 196 Å². The van der Waals surface area contributed by atoms with Crippen molar-refractivity contribution in [1.82, 2.24) is 25.0 Å². The van der Waals surface area contributed by atoms with Gasteiger partial charge in [0.2, 0.25) is 5.91 Å². The molecule has 3 heterocycles. The largest absolute Gasteiger partial charge is 0.493 e. The summed E-state index contributed by atoms with van der Waals surface area (Å²) in [4.78, 5) is 17.4. The molecule has 5 rings (SSSR count). The number of hydrogen-bond acceptors (Lipinski definition) is 7. The SMILES string of the molecule is CCOc1ccc([C@@H]2CC(=O)Nc3c2c(C)nn3-c2nncc(-c3ccccc3)n2)cc1OC. The summed E-state index contributed by atoms with van der Waals surface area (Å²) >= 11 is 0. The standard InChI is InChI=1S/C25H24N6O3/c1-4-34-20-11-10-17(12-21(20)33-3)18-13-22(32)28-24-23(18)15(2)30-31(24)25-27-19(14-26-29-25)16-8-6-5-7-9-16/h5-12,14,18H,4,13H2,1-3H3,(H,28,32)/t18-/m0/s1. The number of carbonyl (C=O) groups excluding carboxylic acids is 1. The Morgan fingerprint density at radius 2 is 1.97 bits per heavy atom. The van der Waals surface area contributed by atoms with Crippen LogP contribution in [0.4, 0.5) is 5.82 Å². The summed E-state index contributed by atoms with van der Waals surface area (Å²) < 4.78 is 12.7. The molecule has 34 heavy (non-hydrogen) atoms. The van der Waals surface area contributed by atoms with Crippen molar-refractivity contribution in [2.24, 2.45) is 0 Å². The number of nitrogens with one attached hydrogen (secondary N) is 1. The second-order valence-electron chi connectivity index (χ2n) is 7.92. The van der Waals surface area contributed by atoms with E-state index in [1.807, 2.05) is 62.4 Å². The van der Waals surface area contributed by atoms with Gasteiger partial charge < -0.3 is 14.8 Å². The molecular weight excluding hydrogens is 432 g/mol. The fourth-order valence-electron chi connectivity index (χ4n) is 4.28. The molecule has 0 bridgehead atoms. The molecule has 172 valence electrons. The van der Waals surface area contributed by atoms with E-state index in [-0.39, 0.29) is 17.8 Å². The number of methoxy groups -OCH3 is 1. The molecule has 1 N–H and O–H groups in total. The summed E-state index contributed by atoms with van der Waals surface area (Å²) in [7, 11) is 1.61. The molecule has 2 aromatic heterocycles. The number of fused-ring (bicyclic) bond motifs is 1. The molecule has 1 amide bonds. The average molecular weight is 457 g/mol. The highest BCUT2D eigenvalue weighted by molar-refractivity contribution is 5.95. The molecule has 9 heteroatoms. The molecule has 0 unspecified atom stereocenters. The van der Waals surface area contributed by atoms with E-state index >= 15 is 0 Å². The number of aromatic nitrogens is 5. The summed E-state index contributed by atoms with van der Waals surface area (Å²) in [5.74, 6) is 1.82. The summed E-state index contributed by atoms with van der Waals surface area (Å²) in [5.41, 5.74) is 4.22. The molecular formula is C25H24N6O3. The Morgan fingerprint density at radius 3 is 2.74 bits per heavy atom. The number of anilines is 1. The van der Waals surface area contributed by atoms with Crippen molar-refractivity contribution in [3.05, 3.63) is 71.5 Å². The van der Waals surface area contributed by atoms with Crippen LogP contribution in [0, 0.1) is 6.92 Å². The van der Waals surface area contributed by atoms with Crippen molar-refractivity contribution in [1.29, 1.82) is 0 Å². The minimum absolute atomic E-state index is 0.112. The predicted octanol–water partition coefficient (Wildman–Crippen LogP) is 3.91. The molecule has 4 aromatic rings. The molecule has 1 aliphatic heterocycles. The van der Waals surface area contributed by atoms with Crippen LogP contribution in [0.15, 0.2) is 54.7 Å². The molecule has 2 aromatic carbocycles. The van der Waals surface area contributed by atoms with Gasteiger partial charge in [-0.05, 0) is 31.5 Å². The summed E-state index contributed by atoms with van der Waals surface area (Å²) in [6.07, 6.45) is 1.90. The van der Waals surface area contributed by atoms with Gasteiger partial charge in [-0.15, -0.1) is 5.10 Å². The van der Waals surface area contributed by atoms with Crippen molar-refractivity contribution >= 4 is 11.7 Å². The van der Waals surface area contributed by atoms with Gasteiger partial charge in [-0.1, -0.05) is 36.4 Å². The quantitative estimate of drug-likeness (QED) is 0.469. The first kappa shape index (κ1) is 21.6. The van der Waals surface area contributed by atoms with E-state index in [4.69, 9.17) is 9.47 Å². The van der Waals surface area contributed by atoms with Gasteiger partial charge in [-0.25, -0.2) is 4.98 Å². The first-order valence-corrected chi connectivity index (χ1v) is 11.0. The topological polar surface area (TPSA) is 104 Å². The van der Waals surface area contributed by atoms with Gasteiger partial charge in [0, 0.05) is 23.5 Å². The Morgan fingerprint density at radius 1 is 1.15 bits per heavy atom. The maximum atomic E-state index is 12.8. The van der Waals surface area contributed by atoms with E-state index in [2.05, 4.69) is 25.6 Å². The van der Waals surface area contributed by atoms with E-state index in [1.54, 1.807) is 18.0 Å². The minimum atomic E-state index is -0.202. The average Bonchev–Trinajstić information content (AvgIpc) is 3.20. The maximum absolute atomic E-state index is 12.8. The van der Waals surface area contributed by atoms with E-state index in [1.165, 1.54) is 0 Å². The third-order valence-electron chi connectivity index (χ3n) is 5.80. The third kappa shape index (κ3) is 3.85. The van der Waals surface area contributed by atoms with Crippen LogP contribution in [0.2, 0.25) is 0 Å². The molecule has 9 nitrogen and oxygen atoms in total. The van der Waals surface area contributed by atoms with Crippen LogP contribution < -0.4 is 14.8 Å². The van der Waals surface area contributed by atoms with E-state index in [0.717, 1.165) is 22.4 Å². The second-order valence-corrected chi connectivity index (χ2v) is 7.92. The van der Waals surface area contributed by atoms with E-state index in [9.17, 15) is 4.79 Å². The van der Waals surface area contributed by atoms with Gasteiger partial charge in [-0.2, -0.15) is 14.9 Å². The third-order valence-corrected chi connectivity index (χ3v) is 5.80. The second kappa shape index (κ2) is 8.93. The van der Waals surface area contributed by atoms with E-state index in [0.29, 0.717) is 36.0 Å². The van der Waals surface area contributed by atoms with Crippen molar-refractivity contribution < 1.29 is 14.3 Å². The highest BCUT2D eigenvalue weighted by Gasteiger charge is 2.33. The smallest absolute Gasteiger partial charge is 0.272 e. The Kier molecular flexibility index (Phi) is 5.67. The van der Waals surface area contributed by atoms with Gasteiger partial charge in [0.15, 0.2) is 11.5 Å².